The summed E-state index contributed by atoms with van der Waals surface area (Å²) in [5.41, 5.74) is 1.04. The molecule has 1 aliphatic heterocycles. The minimum Gasteiger partial charge on any atom is -0.492 e. The first-order valence-electron chi connectivity index (χ1n) is 7.08. The molecule has 0 spiro atoms. The Kier molecular flexibility index (Phi) is 4.68. The number of nitrogens with zero attached hydrogens (tertiary/aromatic N) is 1. The first kappa shape index (κ1) is 14.6. The largest absolute Gasteiger partial charge is 0.492 e. The second-order valence-electron chi connectivity index (χ2n) is 5.16. The zero-order valence-corrected chi connectivity index (χ0v) is 12.6. The quantitative estimate of drug-likeness (QED) is 0.796. The van der Waals surface area contributed by atoms with Crippen molar-refractivity contribution in [2.45, 2.75) is 33.1 Å². The third-order valence-electron chi connectivity index (χ3n) is 3.68. The first-order chi connectivity index (χ1) is 9.06. The molecule has 1 unspecified atom stereocenters. The summed E-state index contributed by atoms with van der Waals surface area (Å²) in [5.74, 6) is 1.62. The number of hydrogen-bond donors (Lipinski definition) is 0. The average Bonchev–Trinajstić information content (AvgIpc) is 2.60. The van der Waals surface area contributed by atoms with E-state index in [1.54, 1.807) is 4.31 Å². The molecule has 1 saturated heterocycles. The molecule has 0 saturated carbocycles. The van der Waals surface area contributed by atoms with Gasteiger partial charge in [0.2, 0.25) is 10.0 Å². The molecule has 1 atom stereocenters. The van der Waals surface area contributed by atoms with Crippen LogP contribution in [-0.4, -0.2) is 38.2 Å². The highest BCUT2D eigenvalue weighted by Gasteiger charge is 2.28. The summed E-state index contributed by atoms with van der Waals surface area (Å²) in [5, 5.41) is 0. The van der Waals surface area contributed by atoms with Crippen molar-refractivity contribution in [3.05, 3.63) is 23.5 Å². The van der Waals surface area contributed by atoms with Gasteiger partial charge in [-0.2, -0.15) is 4.31 Å². The monoisotopic (exact) mass is 285 g/mol. The molecule has 4 nitrogen and oxygen atoms in total. The first-order valence-corrected chi connectivity index (χ1v) is 8.69. The zero-order valence-electron chi connectivity index (χ0n) is 11.8. The van der Waals surface area contributed by atoms with Crippen LogP contribution in [-0.2, 0) is 14.8 Å². The molecule has 2 aliphatic rings. The Bertz CT molecular complexity index is 479. The Morgan fingerprint density at radius 2 is 2.21 bits per heavy atom. The number of rotatable bonds is 4. The van der Waals surface area contributed by atoms with E-state index in [1.807, 2.05) is 6.92 Å². The summed E-state index contributed by atoms with van der Waals surface area (Å²) in [6.07, 6.45) is 7.03. The lowest BCUT2D eigenvalue weighted by Gasteiger charge is -2.22. The van der Waals surface area contributed by atoms with Crippen molar-refractivity contribution in [3.8, 4) is 0 Å². The summed E-state index contributed by atoms with van der Waals surface area (Å²) in [6, 6.07) is 0. The van der Waals surface area contributed by atoms with Crippen LogP contribution in [0.1, 0.15) is 33.1 Å². The number of fused-ring (bicyclic) bond motifs is 1. The van der Waals surface area contributed by atoms with Crippen LogP contribution >= 0.6 is 0 Å². The highest BCUT2D eigenvalue weighted by molar-refractivity contribution is 7.89. The van der Waals surface area contributed by atoms with E-state index in [0.717, 1.165) is 24.2 Å². The van der Waals surface area contributed by atoms with Crippen LogP contribution in [0.25, 0.3) is 0 Å². The average molecular weight is 285 g/mol. The fourth-order valence-electron chi connectivity index (χ4n) is 2.54. The van der Waals surface area contributed by atoms with Gasteiger partial charge in [0.1, 0.15) is 12.4 Å². The van der Waals surface area contributed by atoms with Crippen LogP contribution in [0.3, 0.4) is 0 Å². The van der Waals surface area contributed by atoms with Gasteiger partial charge in [-0.1, -0.05) is 19.9 Å². The van der Waals surface area contributed by atoms with E-state index in [2.05, 4.69) is 19.1 Å². The molecule has 0 bridgehead atoms. The number of allylic oxidation sites excluding steroid dienone is 2. The van der Waals surface area contributed by atoms with Gasteiger partial charge in [0.25, 0.3) is 0 Å². The number of ether oxygens (including phenoxy) is 1. The lowest BCUT2D eigenvalue weighted by molar-refractivity contribution is 0.217. The standard InChI is InChI=1S/C14H23NO3S/c1-3-9-19(16,17)15-7-8-18-14-6-5-12(4-2)10-13(14)11-15/h6,10,12H,3-5,7-9,11H2,1-2H3. The Hall–Kier alpha value is -0.810. The second-order valence-corrected chi connectivity index (χ2v) is 7.25. The smallest absolute Gasteiger partial charge is 0.214 e. The van der Waals surface area contributed by atoms with E-state index in [1.165, 1.54) is 0 Å². The van der Waals surface area contributed by atoms with Crippen molar-refractivity contribution >= 4 is 10.0 Å². The van der Waals surface area contributed by atoms with Crippen LogP contribution < -0.4 is 0 Å². The van der Waals surface area contributed by atoms with Crippen molar-refractivity contribution in [1.82, 2.24) is 4.31 Å². The summed E-state index contributed by atoms with van der Waals surface area (Å²) >= 11 is 0. The SMILES string of the molecule is CCCS(=O)(=O)N1CCOC2=CCC(CC)C=C2C1. The van der Waals surface area contributed by atoms with Crippen LogP contribution in [0.2, 0.25) is 0 Å². The third kappa shape index (κ3) is 3.39. The molecular weight excluding hydrogens is 262 g/mol. The van der Waals surface area contributed by atoms with Gasteiger partial charge in [0.05, 0.1) is 5.75 Å². The highest BCUT2D eigenvalue weighted by Crippen LogP contribution is 2.28. The third-order valence-corrected chi connectivity index (χ3v) is 5.71. The maximum Gasteiger partial charge on any atom is 0.214 e. The maximum absolute atomic E-state index is 12.2. The molecule has 0 aromatic carbocycles. The van der Waals surface area contributed by atoms with Gasteiger partial charge in [0, 0.05) is 18.7 Å². The van der Waals surface area contributed by atoms with Gasteiger partial charge in [0.15, 0.2) is 0 Å². The minimum atomic E-state index is -3.15. The second kappa shape index (κ2) is 6.09. The van der Waals surface area contributed by atoms with Crippen LogP contribution in [0.15, 0.2) is 23.5 Å². The minimum absolute atomic E-state index is 0.219. The molecule has 2 rings (SSSR count). The van der Waals surface area contributed by atoms with E-state index < -0.39 is 10.0 Å². The molecule has 1 aliphatic carbocycles. The van der Waals surface area contributed by atoms with Crippen LogP contribution in [0, 0.1) is 5.92 Å². The van der Waals surface area contributed by atoms with Gasteiger partial charge in [-0.15, -0.1) is 0 Å². The number of hydrogen-bond acceptors (Lipinski definition) is 3. The number of sulfonamides is 1. The molecule has 1 fully saturated rings. The molecule has 0 aromatic rings. The van der Waals surface area contributed by atoms with Crippen molar-refractivity contribution < 1.29 is 13.2 Å². The molecular formula is C14H23NO3S. The van der Waals surface area contributed by atoms with E-state index in [0.29, 0.717) is 32.0 Å². The molecule has 108 valence electrons. The Labute approximate surface area is 116 Å². The van der Waals surface area contributed by atoms with E-state index in [-0.39, 0.29) is 5.75 Å². The van der Waals surface area contributed by atoms with E-state index in [4.69, 9.17) is 4.74 Å². The molecule has 0 radical (unpaired) electrons. The molecule has 1 heterocycles. The van der Waals surface area contributed by atoms with Gasteiger partial charge in [-0.05, 0) is 31.3 Å². The Morgan fingerprint density at radius 1 is 1.42 bits per heavy atom. The zero-order chi connectivity index (χ0) is 13.9. The van der Waals surface area contributed by atoms with Gasteiger partial charge < -0.3 is 4.74 Å². The maximum atomic E-state index is 12.2. The van der Waals surface area contributed by atoms with Crippen molar-refractivity contribution in [2.75, 3.05) is 25.4 Å². The van der Waals surface area contributed by atoms with Crippen molar-refractivity contribution in [1.29, 1.82) is 0 Å². The Balaban J connectivity index is 2.19. The van der Waals surface area contributed by atoms with Crippen molar-refractivity contribution in [2.24, 2.45) is 5.92 Å². The van der Waals surface area contributed by atoms with E-state index >= 15 is 0 Å². The van der Waals surface area contributed by atoms with Gasteiger partial charge in [-0.3, -0.25) is 0 Å². The van der Waals surface area contributed by atoms with Crippen LogP contribution in [0.5, 0.6) is 0 Å². The predicted molar refractivity (Wildman–Crippen MR) is 76.2 cm³/mol. The summed E-state index contributed by atoms with van der Waals surface area (Å²) in [6.45, 7) is 5.41. The van der Waals surface area contributed by atoms with Crippen molar-refractivity contribution in [3.63, 3.8) is 0 Å². The molecule has 0 N–H and O–H groups in total. The predicted octanol–water partition coefficient (Wildman–Crippen LogP) is 2.30. The highest BCUT2D eigenvalue weighted by atomic mass is 32.2. The van der Waals surface area contributed by atoms with E-state index in [9.17, 15) is 8.42 Å². The Morgan fingerprint density at radius 3 is 2.89 bits per heavy atom. The molecule has 0 amide bonds. The molecule has 5 heteroatoms. The summed E-state index contributed by atoms with van der Waals surface area (Å²) in [7, 11) is -3.15. The topological polar surface area (TPSA) is 46.6 Å². The summed E-state index contributed by atoms with van der Waals surface area (Å²) in [4.78, 5) is 0. The normalized spacial score (nSPS) is 24.8. The lowest BCUT2D eigenvalue weighted by atomic mass is 9.93. The fourth-order valence-corrected chi connectivity index (χ4v) is 4.00. The van der Waals surface area contributed by atoms with Gasteiger partial charge in [-0.25, -0.2) is 8.42 Å². The molecule has 0 aromatic heterocycles. The van der Waals surface area contributed by atoms with Gasteiger partial charge >= 0.3 is 0 Å². The lowest BCUT2D eigenvalue weighted by Crippen LogP contribution is -2.35. The fraction of sp³-hybridized carbons (Fsp3) is 0.714. The summed E-state index contributed by atoms with van der Waals surface area (Å²) < 4.78 is 31.6. The molecule has 19 heavy (non-hydrogen) atoms. The van der Waals surface area contributed by atoms with Crippen LogP contribution in [0.4, 0.5) is 0 Å².